The zero-order valence-corrected chi connectivity index (χ0v) is 9.42. The average molecular weight is 216 g/mol. The first-order valence-corrected chi connectivity index (χ1v) is 4.51. The third-order valence-corrected chi connectivity index (χ3v) is 1.02. The van der Waals surface area contributed by atoms with Crippen LogP contribution in [-0.4, -0.2) is 42.3 Å². The van der Waals surface area contributed by atoms with Gasteiger partial charge in [-0.05, 0) is 19.1 Å². The number of para-hydroxylation sites is 1. The summed E-state index contributed by atoms with van der Waals surface area (Å²) in [7, 11) is 3.25. The van der Waals surface area contributed by atoms with Crippen molar-refractivity contribution in [2.75, 3.05) is 20.8 Å². The van der Waals surface area contributed by atoms with Gasteiger partial charge in [0.1, 0.15) is 5.75 Å². The minimum Gasteiger partial charge on any atom is -0.508 e. The van der Waals surface area contributed by atoms with Gasteiger partial charge >= 0.3 is 0 Å². The highest BCUT2D eigenvalue weighted by molar-refractivity contribution is 5.18. The number of methoxy groups -OCH3 is 1. The van der Waals surface area contributed by atoms with Gasteiger partial charge in [-0.25, -0.2) is 0 Å². The van der Waals surface area contributed by atoms with E-state index in [0.717, 1.165) is 0 Å². The summed E-state index contributed by atoms with van der Waals surface area (Å²) in [4.78, 5) is 0. The monoisotopic (exact) mass is 216 g/mol. The predicted molar refractivity (Wildman–Crippen MR) is 59.8 cm³/mol. The van der Waals surface area contributed by atoms with Gasteiger partial charge in [0.25, 0.3) is 0 Å². The van der Waals surface area contributed by atoms with Gasteiger partial charge in [-0.3, -0.25) is 0 Å². The highest BCUT2D eigenvalue weighted by atomic mass is 16.4. The number of aliphatic hydroxyl groups is 2. The Morgan fingerprint density at radius 3 is 1.67 bits per heavy atom. The van der Waals surface area contributed by atoms with Gasteiger partial charge < -0.3 is 20.1 Å². The zero-order valence-electron chi connectivity index (χ0n) is 9.42. The number of aliphatic hydroxyl groups excluding tert-OH is 2. The Morgan fingerprint density at radius 1 is 1.20 bits per heavy atom. The Bertz CT molecular complexity index is 199. The van der Waals surface area contributed by atoms with E-state index in [1.165, 1.54) is 6.92 Å². The molecule has 0 fully saturated rings. The number of ether oxygens (including phenoxy) is 1. The summed E-state index contributed by atoms with van der Waals surface area (Å²) in [6, 6.07) is 8.71. The maximum atomic E-state index is 8.63. The third-order valence-electron chi connectivity index (χ3n) is 1.02. The number of hydrogen-bond donors (Lipinski definition) is 3. The molecular formula is C11H20O4. The van der Waals surface area contributed by atoms with Crippen molar-refractivity contribution in [3.8, 4) is 5.75 Å². The Morgan fingerprint density at radius 2 is 1.53 bits per heavy atom. The van der Waals surface area contributed by atoms with Gasteiger partial charge in [0.05, 0.1) is 12.7 Å². The second-order valence-electron chi connectivity index (χ2n) is 2.78. The fraction of sp³-hybridized carbons (Fsp3) is 0.455. The number of hydrogen-bond acceptors (Lipinski definition) is 4. The third kappa shape index (κ3) is 19.3. The molecule has 0 aliphatic heterocycles. The van der Waals surface area contributed by atoms with E-state index in [4.69, 9.17) is 15.3 Å². The molecule has 0 saturated heterocycles. The minimum absolute atomic E-state index is 0.139. The van der Waals surface area contributed by atoms with Gasteiger partial charge in [0.2, 0.25) is 0 Å². The maximum Gasteiger partial charge on any atom is 0.115 e. The SMILES string of the molecule is CC(O)CO.COC.Oc1ccccc1. The van der Waals surface area contributed by atoms with Crippen LogP contribution in [0.4, 0.5) is 0 Å². The smallest absolute Gasteiger partial charge is 0.115 e. The van der Waals surface area contributed by atoms with Crippen LogP contribution in [0.1, 0.15) is 6.92 Å². The van der Waals surface area contributed by atoms with Crippen LogP contribution < -0.4 is 0 Å². The molecule has 0 aliphatic carbocycles. The molecule has 1 aromatic rings. The number of benzene rings is 1. The lowest BCUT2D eigenvalue weighted by atomic mass is 10.3. The number of phenolic OH excluding ortho intramolecular Hbond substituents is 1. The summed E-state index contributed by atoms with van der Waals surface area (Å²) in [5.74, 6) is 0.322. The summed E-state index contributed by atoms with van der Waals surface area (Å²) >= 11 is 0. The molecule has 4 nitrogen and oxygen atoms in total. The Labute approximate surface area is 90.8 Å². The Kier molecular flexibility index (Phi) is 14.0. The van der Waals surface area contributed by atoms with E-state index in [9.17, 15) is 0 Å². The molecule has 0 radical (unpaired) electrons. The second-order valence-corrected chi connectivity index (χ2v) is 2.78. The molecule has 0 bridgehead atoms. The lowest BCUT2D eigenvalue weighted by Crippen LogP contribution is -2.03. The highest BCUT2D eigenvalue weighted by Gasteiger charge is 1.83. The van der Waals surface area contributed by atoms with E-state index in [1.54, 1.807) is 38.5 Å². The standard InChI is InChI=1S/C6H6O.C3H8O2.C2H6O/c7-6-4-2-1-3-5-6;1-3(5)2-4;1-3-2/h1-5,7H;3-5H,2H2,1H3;1-2H3. The van der Waals surface area contributed by atoms with Gasteiger partial charge in [0, 0.05) is 14.2 Å². The van der Waals surface area contributed by atoms with Crippen LogP contribution in [0.15, 0.2) is 30.3 Å². The normalized spacial score (nSPS) is 10.2. The van der Waals surface area contributed by atoms with Crippen LogP contribution >= 0.6 is 0 Å². The number of rotatable bonds is 1. The van der Waals surface area contributed by atoms with Crippen molar-refractivity contribution < 1.29 is 20.1 Å². The minimum atomic E-state index is -0.560. The molecule has 3 N–H and O–H groups in total. The highest BCUT2D eigenvalue weighted by Crippen LogP contribution is 2.02. The van der Waals surface area contributed by atoms with Gasteiger partial charge in [0.15, 0.2) is 0 Å². The van der Waals surface area contributed by atoms with Crippen molar-refractivity contribution in [1.82, 2.24) is 0 Å². The summed E-state index contributed by atoms with van der Waals surface area (Å²) in [5.41, 5.74) is 0. The summed E-state index contributed by atoms with van der Waals surface area (Å²) in [6.07, 6.45) is -0.560. The molecule has 0 saturated carbocycles. The molecule has 15 heavy (non-hydrogen) atoms. The van der Waals surface area contributed by atoms with E-state index >= 15 is 0 Å². The number of phenols is 1. The van der Waals surface area contributed by atoms with Crippen LogP contribution in [0.2, 0.25) is 0 Å². The van der Waals surface area contributed by atoms with Crippen molar-refractivity contribution in [1.29, 1.82) is 0 Å². The van der Waals surface area contributed by atoms with E-state index in [1.807, 2.05) is 6.07 Å². The van der Waals surface area contributed by atoms with Crippen molar-refractivity contribution in [2.24, 2.45) is 0 Å². The lowest BCUT2D eigenvalue weighted by molar-refractivity contribution is 0.110. The van der Waals surface area contributed by atoms with E-state index in [-0.39, 0.29) is 6.61 Å². The van der Waals surface area contributed by atoms with Crippen molar-refractivity contribution in [3.05, 3.63) is 30.3 Å². The molecule has 4 heteroatoms. The fourth-order valence-electron chi connectivity index (χ4n) is 0.428. The first-order chi connectivity index (χ1) is 7.08. The summed E-state index contributed by atoms with van der Waals surface area (Å²) in [6.45, 7) is 1.39. The Hall–Kier alpha value is -1.10. The van der Waals surface area contributed by atoms with Crippen molar-refractivity contribution >= 4 is 0 Å². The first-order valence-electron chi connectivity index (χ1n) is 4.51. The zero-order chi connectivity index (χ0) is 12.1. The van der Waals surface area contributed by atoms with Crippen LogP contribution in [-0.2, 0) is 4.74 Å². The number of aromatic hydroxyl groups is 1. The van der Waals surface area contributed by atoms with Crippen LogP contribution in [0.25, 0.3) is 0 Å². The first kappa shape index (κ1) is 16.3. The van der Waals surface area contributed by atoms with E-state index < -0.39 is 6.10 Å². The Balaban J connectivity index is 0. The van der Waals surface area contributed by atoms with E-state index in [2.05, 4.69) is 4.74 Å². The molecule has 0 heterocycles. The molecule has 1 unspecified atom stereocenters. The van der Waals surface area contributed by atoms with Crippen LogP contribution in [0, 0.1) is 0 Å². The molecule has 0 amide bonds. The van der Waals surface area contributed by atoms with Crippen molar-refractivity contribution in [3.63, 3.8) is 0 Å². The second kappa shape index (κ2) is 12.9. The fourth-order valence-corrected chi connectivity index (χ4v) is 0.428. The molecule has 88 valence electrons. The molecule has 0 spiro atoms. The van der Waals surface area contributed by atoms with Crippen molar-refractivity contribution in [2.45, 2.75) is 13.0 Å². The largest absolute Gasteiger partial charge is 0.508 e. The maximum absolute atomic E-state index is 8.63. The van der Waals surface area contributed by atoms with Gasteiger partial charge in [-0.2, -0.15) is 0 Å². The quantitative estimate of drug-likeness (QED) is 0.655. The molecule has 1 rings (SSSR count). The predicted octanol–water partition coefficient (Wildman–Crippen LogP) is 1.01. The summed E-state index contributed by atoms with van der Waals surface area (Å²) in [5, 5.41) is 24.6. The van der Waals surface area contributed by atoms with E-state index in [0.29, 0.717) is 5.75 Å². The molecule has 0 aromatic heterocycles. The van der Waals surface area contributed by atoms with Gasteiger partial charge in [-0.15, -0.1) is 0 Å². The summed E-state index contributed by atoms with van der Waals surface area (Å²) < 4.78 is 4.25. The molecule has 0 aliphatic rings. The lowest BCUT2D eigenvalue weighted by Gasteiger charge is -1.90. The van der Waals surface area contributed by atoms with Gasteiger partial charge in [-0.1, -0.05) is 18.2 Å². The van der Waals surface area contributed by atoms with Crippen LogP contribution in [0.5, 0.6) is 5.75 Å². The molecular weight excluding hydrogens is 196 g/mol. The average Bonchev–Trinajstić information content (AvgIpc) is 2.21. The molecule has 1 aromatic carbocycles. The topological polar surface area (TPSA) is 69.9 Å². The van der Waals surface area contributed by atoms with Crippen LogP contribution in [0.3, 0.4) is 0 Å². The molecule has 1 atom stereocenters.